The summed E-state index contributed by atoms with van der Waals surface area (Å²) in [5.41, 5.74) is 13.5. The van der Waals surface area contributed by atoms with Gasteiger partial charge in [0.15, 0.2) is 9.84 Å². The number of nitrogens with zero attached hydrogens (tertiary/aromatic N) is 2. The maximum atomic E-state index is 13.1. The van der Waals surface area contributed by atoms with Crippen LogP contribution in [-0.4, -0.2) is 14.3 Å². The fraction of sp³-hybridized carbons (Fsp3) is 0.0952. The van der Waals surface area contributed by atoms with Crippen LogP contribution in [-0.2, 0) is 22.0 Å². The van der Waals surface area contributed by atoms with Crippen molar-refractivity contribution in [3.05, 3.63) is 87.7 Å². The van der Waals surface area contributed by atoms with E-state index in [9.17, 15) is 12.8 Å². The molecule has 0 unspecified atom stereocenters. The molecule has 7 nitrogen and oxygen atoms in total. The summed E-state index contributed by atoms with van der Waals surface area (Å²) in [5.74, 6) is -0.0340. The molecule has 0 fully saturated rings. The minimum atomic E-state index is -3.71. The lowest BCUT2D eigenvalue weighted by Gasteiger charge is -2.12. The van der Waals surface area contributed by atoms with Crippen molar-refractivity contribution in [2.24, 2.45) is 16.1 Å². The molecule has 166 valence electrons. The van der Waals surface area contributed by atoms with Crippen LogP contribution >= 0.6 is 23.2 Å². The van der Waals surface area contributed by atoms with Crippen molar-refractivity contribution < 1.29 is 17.5 Å². The second-order valence-corrected chi connectivity index (χ2v) is 9.58. The Balaban J connectivity index is 1.81. The van der Waals surface area contributed by atoms with Gasteiger partial charge >= 0.3 is 0 Å². The number of ether oxygens (including phenoxy) is 1. The Hall–Kier alpha value is -3.01. The molecule has 0 heterocycles. The van der Waals surface area contributed by atoms with Crippen molar-refractivity contribution >= 4 is 38.9 Å². The van der Waals surface area contributed by atoms with E-state index < -0.39 is 15.7 Å². The van der Waals surface area contributed by atoms with Gasteiger partial charge in [-0.1, -0.05) is 40.6 Å². The lowest BCUT2D eigenvalue weighted by molar-refractivity contribution is 0.482. The smallest absolute Gasteiger partial charge is 0.182 e. The van der Waals surface area contributed by atoms with Gasteiger partial charge in [0.05, 0.1) is 15.7 Å². The fourth-order valence-electron chi connectivity index (χ4n) is 2.86. The van der Waals surface area contributed by atoms with E-state index in [4.69, 9.17) is 39.2 Å². The SMILES string of the molecule is N=N/N=C(\N)Cc1cc(Cl)cc(Oc2ccc(S(=O)(=O)Cc3ccc(F)cc3)cc2Cl)c1. The van der Waals surface area contributed by atoms with Crippen LogP contribution in [0.5, 0.6) is 11.5 Å². The molecule has 0 atom stereocenters. The number of halogens is 3. The van der Waals surface area contributed by atoms with Crippen LogP contribution < -0.4 is 10.5 Å². The molecule has 0 radical (unpaired) electrons. The van der Waals surface area contributed by atoms with Gasteiger partial charge in [0.2, 0.25) is 0 Å². The highest BCUT2D eigenvalue weighted by Crippen LogP contribution is 2.33. The zero-order chi connectivity index (χ0) is 23.3. The van der Waals surface area contributed by atoms with E-state index in [1.54, 1.807) is 18.2 Å². The predicted octanol–water partition coefficient (Wildman–Crippen LogP) is 5.74. The molecule has 0 aliphatic carbocycles. The van der Waals surface area contributed by atoms with Gasteiger partial charge in [0, 0.05) is 11.4 Å². The summed E-state index contributed by atoms with van der Waals surface area (Å²) in [6.45, 7) is 0. The van der Waals surface area contributed by atoms with E-state index in [1.165, 1.54) is 42.5 Å². The van der Waals surface area contributed by atoms with E-state index in [2.05, 4.69) is 10.3 Å². The number of benzene rings is 3. The minimum absolute atomic E-state index is 0.00841. The summed E-state index contributed by atoms with van der Waals surface area (Å²) in [6, 6.07) is 14.2. The van der Waals surface area contributed by atoms with Crippen LogP contribution in [0.4, 0.5) is 4.39 Å². The minimum Gasteiger partial charge on any atom is -0.456 e. The zero-order valence-electron chi connectivity index (χ0n) is 16.4. The van der Waals surface area contributed by atoms with Gasteiger partial charge in [-0.05, 0) is 59.7 Å². The second kappa shape index (κ2) is 10.1. The molecule has 3 aromatic carbocycles. The average Bonchev–Trinajstić information content (AvgIpc) is 2.71. The molecule has 0 spiro atoms. The molecule has 32 heavy (non-hydrogen) atoms. The van der Waals surface area contributed by atoms with Crippen molar-refractivity contribution in [1.29, 1.82) is 5.53 Å². The normalized spacial score (nSPS) is 11.9. The maximum Gasteiger partial charge on any atom is 0.182 e. The van der Waals surface area contributed by atoms with Crippen LogP contribution in [0, 0.1) is 11.3 Å². The van der Waals surface area contributed by atoms with Gasteiger partial charge in [-0.25, -0.2) is 12.8 Å². The molecule has 0 saturated carbocycles. The van der Waals surface area contributed by atoms with Gasteiger partial charge in [-0.3, -0.25) is 0 Å². The highest BCUT2D eigenvalue weighted by Gasteiger charge is 2.18. The highest BCUT2D eigenvalue weighted by atomic mass is 35.5. The Bertz CT molecular complexity index is 1280. The fourth-order valence-corrected chi connectivity index (χ4v) is 4.76. The van der Waals surface area contributed by atoms with Gasteiger partial charge in [-0.2, -0.15) is 5.53 Å². The van der Waals surface area contributed by atoms with Crippen LogP contribution in [0.3, 0.4) is 0 Å². The number of hydrogen-bond donors (Lipinski definition) is 2. The van der Waals surface area contributed by atoms with Crippen LogP contribution in [0.1, 0.15) is 11.1 Å². The van der Waals surface area contributed by atoms with E-state index in [0.29, 0.717) is 21.9 Å². The third-order valence-corrected chi connectivity index (χ3v) is 6.45. The molecule has 0 bridgehead atoms. The Morgan fingerprint density at radius 1 is 1.03 bits per heavy atom. The van der Waals surface area contributed by atoms with Crippen LogP contribution in [0.25, 0.3) is 0 Å². The molecular formula is C21H17Cl2FN4O3S. The summed E-state index contributed by atoms with van der Waals surface area (Å²) in [7, 11) is -3.71. The average molecular weight is 495 g/mol. The Morgan fingerprint density at radius 3 is 2.41 bits per heavy atom. The van der Waals surface area contributed by atoms with E-state index in [0.717, 1.165) is 0 Å². The lowest BCUT2D eigenvalue weighted by Crippen LogP contribution is -2.14. The lowest BCUT2D eigenvalue weighted by atomic mass is 10.1. The number of rotatable bonds is 8. The first-order chi connectivity index (χ1) is 15.2. The Kier molecular flexibility index (Phi) is 7.44. The van der Waals surface area contributed by atoms with Crippen molar-refractivity contribution in [3.63, 3.8) is 0 Å². The van der Waals surface area contributed by atoms with Crippen molar-refractivity contribution in [2.75, 3.05) is 0 Å². The predicted molar refractivity (Wildman–Crippen MR) is 121 cm³/mol. The van der Waals surface area contributed by atoms with Gasteiger partial charge < -0.3 is 10.5 Å². The first-order valence-electron chi connectivity index (χ1n) is 9.09. The molecule has 0 saturated heterocycles. The number of sulfone groups is 1. The molecule has 3 N–H and O–H groups in total. The number of nitrogens with two attached hydrogens (primary N) is 1. The van der Waals surface area contributed by atoms with Crippen molar-refractivity contribution in [2.45, 2.75) is 17.1 Å². The van der Waals surface area contributed by atoms with E-state index in [-0.39, 0.29) is 33.7 Å². The highest BCUT2D eigenvalue weighted by molar-refractivity contribution is 7.90. The maximum absolute atomic E-state index is 13.1. The van der Waals surface area contributed by atoms with Crippen LogP contribution in [0.15, 0.2) is 75.9 Å². The third-order valence-electron chi connectivity index (χ3n) is 4.25. The second-order valence-electron chi connectivity index (χ2n) is 6.74. The Morgan fingerprint density at radius 2 is 1.75 bits per heavy atom. The van der Waals surface area contributed by atoms with Crippen LogP contribution in [0.2, 0.25) is 10.0 Å². The number of amidine groups is 1. The monoisotopic (exact) mass is 494 g/mol. The summed E-state index contributed by atoms with van der Waals surface area (Å²) >= 11 is 12.4. The largest absolute Gasteiger partial charge is 0.456 e. The van der Waals surface area contributed by atoms with Crippen molar-refractivity contribution in [1.82, 2.24) is 0 Å². The van der Waals surface area contributed by atoms with E-state index >= 15 is 0 Å². The quantitative estimate of drug-likeness (QED) is 0.179. The zero-order valence-corrected chi connectivity index (χ0v) is 18.8. The molecule has 0 aromatic heterocycles. The molecule has 3 rings (SSSR count). The molecule has 0 aliphatic rings. The van der Waals surface area contributed by atoms with Crippen molar-refractivity contribution in [3.8, 4) is 11.5 Å². The molecule has 3 aromatic rings. The Labute approximate surface area is 194 Å². The molecule has 0 aliphatic heterocycles. The topological polar surface area (TPSA) is 118 Å². The van der Waals surface area contributed by atoms with Gasteiger partial charge in [0.1, 0.15) is 23.2 Å². The van der Waals surface area contributed by atoms with Gasteiger partial charge in [0.25, 0.3) is 0 Å². The molecule has 11 heteroatoms. The first kappa shape index (κ1) is 23.6. The third kappa shape index (κ3) is 6.25. The first-order valence-corrected chi connectivity index (χ1v) is 11.5. The standard InChI is InChI=1S/C21H17Cl2FN4O3S/c22-15-7-14(9-21(25)27-28-26)8-17(10-15)31-20-6-5-18(11-19(20)23)32(29,30)12-13-1-3-16(24)4-2-13/h1-8,10-11H,9,12H2,(H3,25,26,27). The summed E-state index contributed by atoms with van der Waals surface area (Å²) < 4.78 is 44.2. The summed E-state index contributed by atoms with van der Waals surface area (Å²) in [4.78, 5) is 0.00841. The number of nitrogens with one attached hydrogen (secondary N) is 1. The van der Waals surface area contributed by atoms with Gasteiger partial charge in [-0.15, -0.1) is 5.10 Å². The summed E-state index contributed by atoms with van der Waals surface area (Å²) in [5, 5.41) is 6.79. The summed E-state index contributed by atoms with van der Waals surface area (Å²) in [6.07, 6.45) is 0.202. The van der Waals surface area contributed by atoms with E-state index in [1.807, 2.05) is 0 Å². The number of hydrogen-bond acceptors (Lipinski definition) is 5. The molecule has 0 amide bonds. The molecular weight excluding hydrogens is 478 g/mol.